The normalized spacial score (nSPS) is 21.4. The second-order valence-electron chi connectivity index (χ2n) is 6.27. The quantitative estimate of drug-likeness (QED) is 0.883. The molecule has 128 valence electrons. The first-order chi connectivity index (χ1) is 12.1. The highest BCUT2D eigenvalue weighted by Gasteiger charge is 2.33. The SMILES string of the molecule is O=C1C[C@@H](C(=O)N[C@@H]2CCOc3ccccc32)c2ccc(F)cc2N1. The molecule has 0 saturated heterocycles. The fourth-order valence-electron chi connectivity index (χ4n) is 3.44. The number of hydrogen-bond donors (Lipinski definition) is 2. The van der Waals surface area contributed by atoms with Crippen molar-refractivity contribution >= 4 is 17.5 Å². The van der Waals surface area contributed by atoms with Gasteiger partial charge >= 0.3 is 0 Å². The van der Waals surface area contributed by atoms with Gasteiger partial charge in [0, 0.05) is 24.1 Å². The molecule has 2 aliphatic rings. The molecule has 0 aliphatic carbocycles. The van der Waals surface area contributed by atoms with Crippen LogP contribution in [0.3, 0.4) is 0 Å². The van der Waals surface area contributed by atoms with Gasteiger partial charge < -0.3 is 15.4 Å². The van der Waals surface area contributed by atoms with E-state index in [9.17, 15) is 14.0 Å². The Hall–Kier alpha value is -2.89. The van der Waals surface area contributed by atoms with Crippen LogP contribution in [0, 0.1) is 5.82 Å². The number of anilines is 1. The minimum atomic E-state index is -0.626. The number of amides is 2. The van der Waals surface area contributed by atoms with Gasteiger partial charge in [0.15, 0.2) is 0 Å². The van der Waals surface area contributed by atoms with Crippen molar-refractivity contribution in [2.75, 3.05) is 11.9 Å². The van der Waals surface area contributed by atoms with Crippen LogP contribution in [0.1, 0.15) is 35.9 Å². The number of ether oxygens (including phenoxy) is 1. The molecule has 2 aromatic rings. The zero-order valence-electron chi connectivity index (χ0n) is 13.4. The molecule has 0 fully saturated rings. The van der Waals surface area contributed by atoms with Crippen molar-refractivity contribution in [3.05, 3.63) is 59.4 Å². The number of hydrogen-bond acceptors (Lipinski definition) is 3. The van der Waals surface area contributed by atoms with Crippen molar-refractivity contribution in [1.29, 1.82) is 0 Å². The summed E-state index contributed by atoms with van der Waals surface area (Å²) >= 11 is 0. The Morgan fingerprint density at radius 1 is 1.20 bits per heavy atom. The van der Waals surface area contributed by atoms with Gasteiger partial charge in [-0.3, -0.25) is 9.59 Å². The second-order valence-corrected chi connectivity index (χ2v) is 6.27. The first-order valence-electron chi connectivity index (χ1n) is 8.23. The van der Waals surface area contributed by atoms with E-state index in [-0.39, 0.29) is 24.3 Å². The predicted molar refractivity (Wildman–Crippen MR) is 89.8 cm³/mol. The van der Waals surface area contributed by atoms with Crippen LogP contribution in [0.5, 0.6) is 5.75 Å². The summed E-state index contributed by atoms with van der Waals surface area (Å²) < 4.78 is 19.0. The number of halogens is 1. The highest BCUT2D eigenvalue weighted by molar-refractivity contribution is 6.01. The van der Waals surface area contributed by atoms with Crippen molar-refractivity contribution in [1.82, 2.24) is 5.32 Å². The van der Waals surface area contributed by atoms with Gasteiger partial charge in [-0.25, -0.2) is 4.39 Å². The van der Waals surface area contributed by atoms with Crippen LogP contribution in [-0.2, 0) is 9.59 Å². The Morgan fingerprint density at radius 2 is 2.04 bits per heavy atom. The third-order valence-corrected chi connectivity index (χ3v) is 4.65. The zero-order valence-corrected chi connectivity index (χ0v) is 13.4. The summed E-state index contributed by atoms with van der Waals surface area (Å²) in [7, 11) is 0. The van der Waals surface area contributed by atoms with Crippen LogP contribution in [0.25, 0.3) is 0 Å². The third-order valence-electron chi connectivity index (χ3n) is 4.65. The van der Waals surface area contributed by atoms with E-state index in [1.807, 2.05) is 24.3 Å². The summed E-state index contributed by atoms with van der Waals surface area (Å²) in [5.74, 6) is -0.823. The summed E-state index contributed by atoms with van der Waals surface area (Å²) in [6.45, 7) is 0.523. The average Bonchev–Trinajstić information content (AvgIpc) is 2.61. The summed E-state index contributed by atoms with van der Waals surface area (Å²) in [6.07, 6.45) is 0.716. The van der Waals surface area contributed by atoms with Gasteiger partial charge in [-0.05, 0) is 23.8 Å². The molecular weight excluding hydrogens is 323 g/mol. The van der Waals surface area contributed by atoms with Crippen LogP contribution in [-0.4, -0.2) is 18.4 Å². The molecule has 0 spiro atoms. The maximum atomic E-state index is 13.4. The smallest absolute Gasteiger partial charge is 0.228 e. The molecule has 2 N–H and O–H groups in total. The lowest BCUT2D eigenvalue weighted by molar-refractivity contribution is -0.127. The number of nitrogens with one attached hydrogen (secondary N) is 2. The number of rotatable bonds is 2. The Kier molecular flexibility index (Phi) is 3.87. The van der Waals surface area contributed by atoms with E-state index in [1.54, 1.807) is 6.07 Å². The molecule has 5 nitrogen and oxygen atoms in total. The van der Waals surface area contributed by atoms with E-state index >= 15 is 0 Å². The van der Waals surface area contributed by atoms with Crippen LogP contribution < -0.4 is 15.4 Å². The van der Waals surface area contributed by atoms with Gasteiger partial charge in [-0.15, -0.1) is 0 Å². The molecule has 0 bridgehead atoms. The fraction of sp³-hybridized carbons (Fsp3) is 0.263. The Balaban J connectivity index is 1.60. The lowest BCUT2D eigenvalue weighted by atomic mass is 9.89. The Labute approximate surface area is 144 Å². The maximum Gasteiger partial charge on any atom is 0.228 e. The molecule has 2 heterocycles. The molecular formula is C19H17FN2O3. The topological polar surface area (TPSA) is 67.4 Å². The van der Waals surface area contributed by atoms with Crippen LogP contribution in [0.4, 0.5) is 10.1 Å². The largest absolute Gasteiger partial charge is 0.493 e. The predicted octanol–water partition coefficient (Wildman–Crippen LogP) is 2.89. The van der Waals surface area contributed by atoms with E-state index in [1.165, 1.54) is 12.1 Å². The monoisotopic (exact) mass is 340 g/mol. The van der Waals surface area contributed by atoms with Crippen molar-refractivity contribution in [2.24, 2.45) is 0 Å². The van der Waals surface area contributed by atoms with Gasteiger partial charge in [0.05, 0.1) is 18.6 Å². The van der Waals surface area contributed by atoms with Gasteiger partial charge in [0.25, 0.3) is 0 Å². The molecule has 25 heavy (non-hydrogen) atoms. The van der Waals surface area contributed by atoms with E-state index in [0.717, 1.165) is 11.3 Å². The maximum absolute atomic E-state index is 13.4. The molecule has 2 aliphatic heterocycles. The molecule has 6 heteroatoms. The minimum Gasteiger partial charge on any atom is -0.493 e. The molecule has 0 unspecified atom stereocenters. The van der Waals surface area contributed by atoms with E-state index in [4.69, 9.17) is 4.74 Å². The lowest BCUT2D eigenvalue weighted by Gasteiger charge is -2.30. The number of benzene rings is 2. The average molecular weight is 340 g/mol. The Morgan fingerprint density at radius 3 is 2.92 bits per heavy atom. The number of carbonyl (C=O) groups is 2. The number of fused-ring (bicyclic) bond motifs is 2. The second kappa shape index (κ2) is 6.20. The summed E-state index contributed by atoms with van der Waals surface area (Å²) in [6, 6.07) is 11.5. The van der Waals surface area contributed by atoms with Crippen LogP contribution >= 0.6 is 0 Å². The zero-order chi connectivity index (χ0) is 17.4. The van der Waals surface area contributed by atoms with E-state index in [2.05, 4.69) is 10.6 Å². The minimum absolute atomic E-state index is 0.0509. The van der Waals surface area contributed by atoms with Gasteiger partial charge in [-0.2, -0.15) is 0 Å². The lowest BCUT2D eigenvalue weighted by Crippen LogP contribution is -2.38. The molecule has 2 aromatic carbocycles. The Bertz CT molecular complexity index is 852. The van der Waals surface area contributed by atoms with Gasteiger partial charge in [0.1, 0.15) is 11.6 Å². The molecule has 2 amide bonds. The summed E-state index contributed by atoms with van der Waals surface area (Å²) in [5, 5.41) is 5.65. The van der Waals surface area contributed by atoms with Crippen molar-refractivity contribution in [3.63, 3.8) is 0 Å². The van der Waals surface area contributed by atoms with Crippen molar-refractivity contribution < 1.29 is 18.7 Å². The first-order valence-corrected chi connectivity index (χ1v) is 8.23. The van der Waals surface area contributed by atoms with Gasteiger partial charge in [-0.1, -0.05) is 24.3 Å². The van der Waals surface area contributed by atoms with Gasteiger partial charge in [0.2, 0.25) is 11.8 Å². The highest BCUT2D eigenvalue weighted by Crippen LogP contribution is 2.35. The fourth-order valence-corrected chi connectivity index (χ4v) is 3.44. The summed E-state index contributed by atoms with van der Waals surface area (Å²) in [4.78, 5) is 24.8. The van der Waals surface area contributed by atoms with E-state index < -0.39 is 11.7 Å². The number of carbonyl (C=O) groups excluding carboxylic acids is 2. The van der Waals surface area contributed by atoms with Crippen molar-refractivity contribution in [3.8, 4) is 5.75 Å². The van der Waals surface area contributed by atoms with Crippen LogP contribution in [0.2, 0.25) is 0 Å². The standard InChI is InChI=1S/C19H17FN2O3/c20-11-5-6-12-14(10-18(23)21-16(12)9-11)19(24)22-15-7-8-25-17-4-2-1-3-13(15)17/h1-6,9,14-15H,7-8,10H2,(H,21,23)(H,22,24)/t14-,15-/m1/s1. The molecule has 4 rings (SSSR count). The van der Waals surface area contributed by atoms with Crippen molar-refractivity contribution in [2.45, 2.75) is 24.8 Å². The molecule has 0 saturated carbocycles. The van der Waals surface area contributed by atoms with Crippen LogP contribution in [0.15, 0.2) is 42.5 Å². The third kappa shape index (κ3) is 2.95. The summed E-state index contributed by atoms with van der Waals surface area (Å²) in [5.41, 5.74) is 1.93. The molecule has 2 atom stereocenters. The highest BCUT2D eigenvalue weighted by atomic mass is 19.1. The molecule has 0 radical (unpaired) electrons. The molecule has 0 aromatic heterocycles. The number of para-hydroxylation sites is 1. The first kappa shape index (κ1) is 15.6. The van der Waals surface area contributed by atoms with E-state index in [0.29, 0.717) is 24.3 Å².